The average molecular weight is 1010 g/mol. The number of halogens is 3. The topological polar surface area (TPSA) is 133 Å². The molecule has 3 aromatic carbocycles. The van der Waals surface area contributed by atoms with Crippen LogP contribution in [0.1, 0.15) is 135 Å². The highest BCUT2D eigenvalue weighted by Crippen LogP contribution is 2.53. The minimum absolute atomic E-state index is 0.00505. The van der Waals surface area contributed by atoms with E-state index in [1.807, 2.05) is 56.3 Å². The van der Waals surface area contributed by atoms with Gasteiger partial charge in [0.2, 0.25) is 0 Å². The number of benzene rings is 3. The molecule has 3 fully saturated rings. The van der Waals surface area contributed by atoms with Crippen LogP contribution in [0.5, 0.6) is 0 Å². The summed E-state index contributed by atoms with van der Waals surface area (Å²) in [5.41, 5.74) is 5.24. The first kappa shape index (κ1) is 46.7. The second-order valence-corrected chi connectivity index (χ2v) is 22.1. The van der Waals surface area contributed by atoms with Crippen LogP contribution in [0.25, 0.3) is 0 Å². The molecule has 2 N–H and O–H groups in total. The van der Waals surface area contributed by atoms with E-state index >= 15 is 0 Å². The number of aliphatic hydroxyl groups excluding tert-OH is 2. The molecule has 320 valence electrons. The molecule has 6 aliphatic rings. The number of hydrogen-bond donors (Lipinski definition) is 2. The Hall–Kier alpha value is -2.81. The van der Waals surface area contributed by atoms with Crippen LogP contribution in [0.4, 0.5) is 0 Å². The van der Waals surface area contributed by atoms with Crippen LogP contribution in [-0.4, -0.2) is 45.6 Å². The second-order valence-electron chi connectivity index (χ2n) is 19.3. The Morgan fingerprint density at radius 2 is 0.767 bits per heavy atom. The van der Waals surface area contributed by atoms with Gasteiger partial charge in [0.1, 0.15) is 5.78 Å². The highest BCUT2D eigenvalue weighted by atomic mass is 79.9. The van der Waals surface area contributed by atoms with Gasteiger partial charge in [-0.3, -0.25) is 19.2 Å². The minimum Gasteiger partial charge on any atom is -0.393 e. The third-order valence-electron chi connectivity index (χ3n) is 14.5. The number of nitrogens with zero attached hydrogens (tertiary/aromatic N) is 1. The van der Waals surface area contributed by atoms with Crippen molar-refractivity contribution in [1.29, 1.82) is 5.26 Å². The molecule has 3 aromatic rings. The van der Waals surface area contributed by atoms with Crippen LogP contribution in [0.15, 0.2) is 68.0 Å². The molecule has 3 spiro atoms. The Bertz CT molecular complexity index is 2090. The largest absolute Gasteiger partial charge is 0.393 e. The molecule has 0 heterocycles. The first-order chi connectivity index (χ1) is 28.2. The Labute approximate surface area is 380 Å². The van der Waals surface area contributed by atoms with Gasteiger partial charge >= 0.3 is 0 Å². The third-order valence-corrected chi connectivity index (χ3v) is 16.0. The molecule has 11 atom stereocenters. The highest BCUT2D eigenvalue weighted by molar-refractivity contribution is 9.11. The van der Waals surface area contributed by atoms with E-state index in [4.69, 9.17) is 5.26 Å². The van der Waals surface area contributed by atoms with E-state index in [1.165, 1.54) is 18.1 Å². The van der Waals surface area contributed by atoms with Gasteiger partial charge in [0.25, 0.3) is 0 Å². The van der Waals surface area contributed by atoms with Gasteiger partial charge in [-0.05, 0) is 135 Å². The zero-order valence-corrected chi connectivity index (χ0v) is 40.5. The number of nitriles is 1. The van der Waals surface area contributed by atoms with Crippen molar-refractivity contribution in [2.24, 2.45) is 51.8 Å². The molecule has 6 aliphatic carbocycles. The summed E-state index contributed by atoms with van der Waals surface area (Å²) in [6.07, 6.45) is 6.60. The van der Waals surface area contributed by atoms with Gasteiger partial charge in [-0.15, -0.1) is 0 Å². The first-order valence-electron chi connectivity index (χ1n) is 21.4. The maximum atomic E-state index is 12.8. The summed E-state index contributed by atoms with van der Waals surface area (Å²) in [6.45, 7) is 13.6. The summed E-state index contributed by atoms with van der Waals surface area (Å²) in [5, 5.41) is 27.6. The Morgan fingerprint density at radius 3 is 1.03 bits per heavy atom. The predicted molar refractivity (Wildman–Crippen MR) is 245 cm³/mol. The molecule has 0 aromatic heterocycles. The predicted octanol–water partition coefficient (Wildman–Crippen LogP) is 11.5. The van der Waals surface area contributed by atoms with Gasteiger partial charge < -0.3 is 10.2 Å². The van der Waals surface area contributed by atoms with E-state index < -0.39 is 0 Å². The van der Waals surface area contributed by atoms with E-state index in [0.717, 1.165) is 80.6 Å². The van der Waals surface area contributed by atoms with Crippen LogP contribution < -0.4 is 0 Å². The second kappa shape index (κ2) is 18.1. The number of fused-ring (bicyclic) bond motifs is 3. The monoisotopic (exact) mass is 1010 g/mol. The fourth-order valence-electron chi connectivity index (χ4n) is 12.1. The highest BCUT2D eigenvalue weighted by Gasteiger charge is 2.53. The number of hydrogen-bond acceptors (Lipinski definition) is 7. The van der Waals surface area contributed by atoms with Crippen molar-refractivity contribution < 1.29 is 29.4 Å². The van der Waals surface area contributed by atoms with Crippen molar-refractivity contribution in [3.63, 3.8) is 0 Å². The summed E-state index contributed by atoms with van der Waals surface area (Å²) in [7, 11) is 0. The molecule has 60 heavy (non-hydrogen) atoms. The van der Waals surface area contributed by atoms with Crippen molar-refractivity contribution in [3.8, 4) is 6.07 Å². The van der Waals surface area contributed by atoms with E-state index in [2.05, 4.69) is 87.6 Å². The van der Waals surface area contributed by atoms with Crippen LogP contribution >= 0.6 is 47.8 Å². The SMILES string of the molecule is CC#N.C[C@@H]1CC2(Cc3ccc(Br)cc3C2=O)C[C@H](C)C1=O.C[C@@H]1CC2(Cc3ccc(Br)cc3C2=O)C[C@H](C)C1O.C[C@@H]1CC2(Cc3ccc(Br)cc3C2=O)C[C@H](C)C1O. The van der Waals surface area contributed by atoms with E-state index in [-0.39, 0.29) is 81.3 Å². The van der Waals surface area contributed by atoms with E-state index in [1.54, 1.807) is 6.07 Å². The quantitative estimate of drug-likeness (QED) is 0.229. The Balaban J connectivity index is 0.000000146. The van der Waals surface area contributed by atoms with Crippen LogP contribution in [-0.2, 0) is 24.1 Å². The van der Waals surface area contributed by atoms with Crippen molar-refractivity contribution in [2.75, 3.05) is 0 Å². The van der Waals surface area contributed by atoms with Gasteiger partial charge in [0.05, 0.1) is 18.3 Å². The fraction of sp³-hybridized carbons (Fsp3) is 0.540. The number of rotatable bonds is 0. The molecular weight excluding hydrogens is 950 g/mol. The van der Waals surface area contributed by atoms with Gasteiger partial charge in [0, 0.05) is 65.1 Å². The minimum atomic E-state index is -0.324. The summed E-state index contributed by atoms with van der Waals surface area (Å²) in [5.74, 6) is 1.94. The van der Waals surface area contributed by atoms with Crippen LogP contribution in [0.3, 0.4) is 0 Å². The van der Waals surface area contributed by atoms with Crippen LogP contribution in [0, 0.1) is 63.1 Å². The van der Waals surface area contributed by atoms with Crippen molar-refractivity contribution >= 4 is 70.9 Å². The molecule has 0 bridgehead atoms. The van der Waals surface area contributed by atoms with Crippen molar-refractivity contribution in [1.82, 2.24) is 0 Å². The number of carbonyl (C=O) groups is 4. The molecule has 0 saturated heterocycles. The molecule has 9 rings (SSSR count). The van der Waals surface area contributed by atoms with Gasteiger partial charge in [-0.25, -0.2) is 0 Å². The van der Waals surface area contributed by atoms with Crippen molar-refractivity contribution in [2.45, 2.75) is 118 Å². The van der Waals surface area contributed by atoms with Gasteiger partial charge in [0.15, 0.2) is 17.3 Å². The maximum Gasteiger partial charge on any atom is 0.169 e. The molecule has 7 nitrogen and oxygen atoms in total. The number of carbonyl (C=O) groups excluding carboxylic acids is 4. The number of aliphatic hydroxyl groups is 2. The van der Waals surface area contributed by atoms with E-state index in [0.29, 0.717) is 18.6 Å². The fourth-order valence-corrected chi connectivity index (χ4v) is 13.2. The Kier molecular flexibility index (Phi) is 14.1. The van der Waals surface area contributed by atoms with Crippen LogP contribution in [0.2, 0.25) is 0 Å². The van der Waals surface area contributed by atoms with Gasteiger partial charge in [-0.1, -0.05) is 108 Å². The zero-order valence-electron chi connectivity index (χ0n) is 35.8. The normalized spacial score (nSPS) is 34.7. The smallest absolute Gasteiger partial charge is 0.169 e. The molecule has 0 aliphatic heterocycles. The summed E-state index contributed by atoms with van der Waals surface area (Å²) < 4.78 is 2.88. The molecule has 0 radical (unpaired) electrons. The number of ketones is 4. The third kappa shape index (κ3) is 8.87. The maximum absolute atomic E-state index is 12.8. The molecule has 0 amide bonds. The number of Topliss-reactive ketones (excluding diaryl/α,β-unsaturated/α-hetero) is 4. The summed E-state index contributed by atoms with van der Waals surface area (Å²) >= 11 is 10.3. The standard InChI is InChI=1S/2C16H19BrO2.C16H17BrO2.C2H3N/c3*1-9-6-16(7-10(2)14(9)18)8-11-3-4-12(17)5-13(11)15(16)19;1-2-3/h2*3-5,9-10,14,18H,6-8H2,1-2H3;3-5,9-10H,6-8H2,1-2H3;1H3/t2*9-,10+,14?,16?;9-,10+,16?;. The summed E-state index contributed by atoms with van der Waals surface area (Å²) in [4.78, 5) is 50.4. The van der Waals surface area contributed by atoms with Crippen molar-refractivity contribution in [3.05, 3.63) is 101 Å². The summed E-state index contributed by atoms with van der Waals surface area (Å²) in [6, 6.07) is 19.8. The Morgan fingerprint density at radius 1 is 0.517 bits per heavy atom. The molecular formula is C50H58Br3NO6. The first-order valence-corrected chi connectivity index (χ1v) is 23.8. The molecule has 3 saturated carbocycles. The zero-order chi connectivity index (χ0) is 44.1. The lowest BCUT2D eigenvalue weighted by Crippen LogP contribution is -2.44. The lowest BCUT2D eigenvalue weighted by atomic mass is 9.63. The van der Waals surface area contributed by atoms with Gasteiger partial charge in [-0.2, -0.15) is 5.26 Å². The molecule has 10 heteroatoms. The molecule has 5 unspecified atom stereocenters. The average Bonchev–Trinajstić information content (AvgIpc) is 3.71. The van der Waals surface area contributed by atoms with E-state index in [9.17, 15) is 29.4 Å². The lowest BCUT2D eigenvalue weighted by Gasteiger charge is -2.42. The lowest BCUT2D eigenvalue weighted by molar-refractivity contribution is -0.130.